The lowest BCUT2D eigenvalue weighted by atomic mass is 10.1. The number of sulfonamides is 1. The average Bonchev–Trinajstić information content (AvgIpc) is 2.87. The van der Waals surface area contributed by atoms with E-state index in [1.54, 1.807) is 6.92 Å². The van der Waals surface area contributed by atoms with Gasteiger partial charge in [0.1, 0.15) is 16.1 Å². The molecule has 1 atom stereocenters. The van der Waals surface area contributed by atoms with E-state index >= 15 is 0 Å². The molecule has 0 N–H and O–H groups in total. The first kappa shape index (κ1) is 17.9. The summed E-state index contributed by atoms with van der Waals surface area (Å²) >= 11 is 0.892. The number of hydrogen-bond acceptors (Lipinski definition) is 3. The molecule has 0 unspecified atom stereocenters. The number of halogens is 4. The van der Waals surface area contributed by atoms with Gasteiger partial charge in [-0.25, -0.2) is 12.8 Å². The third-order valence-corrected chi connectivity index (χ3v) is 6.50. The average molecular weight is 367 g/mol. The number of alkyl halides is 3. The van der Waals surface area contributed by atoms with Crippen LogP contribution in [0.15, 0.2) is 40.6 Å². The summed E-state index contributed by atoms with van der Waals surface area (Å²) < 4.78 is 78.1. The monoisotopic (exact) mass is 367 g/mol. The Bertz CT molecular complexity index is 782. The van der Waals surface area contributed by atoms with E-state index < -0.39 is 28.1 Å². The Labute approximate surface area is 135 Å². The largest absolute Gasteiger partial charge is 0.409 e. The summed E-state index contributed by atoms with van der Waals surface area (Å²) in [5.41, 5.74) is -0.349. The highest BCUT2D eigenvalue weighted by atomic mass is 32.2. The van der Waals surface area contributed by atoms with Crippen LogP contribution in [0.25, 0.3) is 0 Å². The number of rotatable bonds is 4. The van der Waals surface area contributed by atoms with Crippen molar-refractivity contribution in [2.45, 2.75) is 23.4 Å². The topological polar surface area (TPSA) is 37.4 Å². The Kier molecular flexibility index (Phi) is 4.84. The molecule has 0 fully saturated rings. The summed E-state index contributed by atoms with van der Waals surface area (Å²) in [6, 6.07) is 3.98. The van der Waals surface area contributed by atoms with Gasteiger partial charge in [0, 0.05) is 11.9 Å². The molecule has 23 heavy (non-hydrogen) atoms. The smallest absolute Gasteiger partial charge is 0.207 e. The minimum Gasteiger partial charge on any atom is -0.207 e. The van der Waals surface area contributed by atoms with Crippen LogP contribution >= 0.6 is 11.3 Å². The molecule has 0 spiro atoms. The third kappa shape index (κ3) is 3.73. The predicted octanol–water partition coefficient (Wildman–Crippen LogP) is 4.12. The van der Waals surface area contributed by atoms with Gasteiger partial charge in [0.05, 0.1) is 0 Å². The highest BCUT2D eigenvalue weighted by Crippen LogP contribution is 2.40. The lowest BCUT2D eigenvalue weighted by molar-refractivity contribution is -0.171. The minimum absolute atomic E-state index is 0.172. The normalized spacial score (nSPS) is 14.2. The molecule has 0 saturated carbocycles. The maximum Gasteiger partial charge on any atom is 0.409 e. The van der Waals surface area contributed by atoms with E-state index in [1.165, 1.54) is 12.1 Å². The van der Waals surface area contributed by atoms with E-state index in [-0.39, 0.29) is 14.1 Å². The van der Waals surface area contributed by atoms with Crippen LogP contribution in [0.5, 0.6) is 0 Å². The second kappa shape index (κ2) is 6.21. The number of hydrogen-bond donors (Lipinski definition) is 0. The highest BCUT2D eigenvalue weighted by Gasteiger charge is 2.47. The molecule has 0 aliphatic heterocycles. The standard InChI is InChI=1S/C14H13F4NO2S2/c1-9-3-8-12(22-9)23(20,21)19(2)13(14(16,17)18)10-4-6-11(15)7-5-10/h3-8,13H,1-2H3/t13-/m0/s1. The van der Waals surface area contributed by atoms with E-state index in [0.717, 1.165) is 42.6 Å². The van der Waals surface area contributed by atoms with E-state index in [1.807, 2.05) is 0 Å². The molecule has 0 radical (unpaired) electrons. The molecule has 0 aliphatic rings. The van der Waals surface area contributed by atoms with E-state index in [2.05, 4.69) is 0 Å². The molecule has 0 aliphatic carbocycles. The molecule has 1 heterocycles. The van der Waals surface area contributed by atoms with Crippen LogP contribution in [0.1, 0.15) is 16.5 Å². The molecule has 9 heteroatoms. The third-order valence-electron chi connectivity index (χ3n) is 3.21. The number of thiophene rings is 1. The zero-order valence-corrected chi connectivity index (χ0v) is 13.8. The van der Waals surface area contributed by atoms with Crippen LogP contribution in [-0.2, 0) is 10.0 Å². The van der Waals surface area contributed by atoms with Crippen molar-refractivity contribution in [1.29, 1.82) is 0 Å². The van der Waals surface area contributed by atoms with E-state index in [4.69, 9.17) is 0 Å². The summed E-state index contributed by atoms with van der Waals surface area (Å²) in [5, 5.41) is 0. The van der Waals surface area contributed by atoms with E-state index in [9.17, 15) is 26.0 Å². The van der Waals surface area contributed by atoms with Crippen molar-refractivity contribution in [3.8, 4) is 0 Å². The fraction of sp³-hybridized carbons (Fsp3) is 0.286. The Balaban J connectivity index is 2.49. The fourth-order valence-corrected chi connectivity index (χ4v) is 4.88. The molecule has 0 bridgehead atoms. The molecule has 2 rings (SSSR count). The molecule has 3 nitrogen and oxygen atoms in total. The Hall–Kier alpha value is -1.45. The quantitative estimate of drug-likeness (QED) is 0.763. The zero-order valence-electron chi connectivity index (χ0n) is 12.1. The zero-order chi connectivity index (χ0) is 17.4. The lowest BCUT2D eigenvalue weighted by Crippen LogP contribution is -2.39. The van der Waals surface area contributed by atoms with Crippen molar-refractivity contribution in [3.63, 3.8) is 0 Å². The van der Waals surface area contributed by atoms with Crippen molar-refractivity contribution >= 4 is 21.4 Å². The summed E-state index contributed by atoms with van der Waals surface area (Å²) in [6.07, 6.45) is -4.84. The molecule has 1 aromatic carbocycles. The fourth-order valence-electron chi connectivity index (χ4n) is 2.08. The van der Waals surface area contributed by atoms with Gasteiger partial charge < -0.3 is 0 Å². The first-order valence-corrected chi connectivity index (χ1v) is 8.66. The molecule has 2 aromatic rings. The van der Waals surface area contributed by atoms with Crippen LogP contribution in [0.4, 0.5) is 17.6 Å². The minimum atomic E-state index is -4.84. The van der Waals surface area contributed by atoms with Gasteiger partial charge in [-0.2, -0.15) is 17.5 Å². The first-order valence-electron chi connectivity index (χ1n) is 6.40. The maximum absolute atomic E-state index is 13.4. The van der Waals surface area contributed by atoms with Crippen LogP contribution in [0.2, 0.25) is 0 Å². The number of benzene rings is 1. The lowest BCUT2D eigenvalue weighted by Gasteiger charge is -2.29. The maximum atomic E-state index is 13.4. The number of nitrogens with zero attached hydrogens (tertiary/aromatic N) is 1. The van der Waals surface area contributed by atoms with Gasteiger partial charge in [0.2, 0.25) is 0 Å². The van der Waals surface area contributed by atoms with Gasteiger partial charge in [0.25, 0.3) is 10.0 Å². The van der Waals surface area contributed by atoms with Crippen LogP contribution in [-0.4, -0.2) is 25.9 Å². The Morgan fingerprint density at radius 2 is 1.65 bits per heavy atom. The SMILES string of the molecule is Cc1ccc(S(=O)(=O)N(C)[C@@H](c2ccc(F)cc2)C(F)(F)F)s1. The van der Waals surface area contributed by atoms with Crippen LogP contribution in [0, 0.1) is 12.7 Å². The number of aryl methyl sites for hydroxylation is 1. The second-order valence-electron chi connectivity index (χ2n) is 4.88. The molecular weight excluding hydrogens is 354 g/mol. The van der Waals surface area contributed by atoms with Gasteiger partial charge in [-0.3, -0.25) is 0 Å². The molecule has 0 saturated heterocycles. The van der Waals surface area contributed by atoms with Gasteiger partial charge in [-0.05, 0) is 36.8 Å². The molecule has 0 amide bonds. The summed E-state index contributed by atoms with van der Waals surface area (Å²) in [6.45, 7) is 1.66. The van der Waals surface area contributed by atoms with Gasteiger partial charge in [0.15, 0.2) is 0 Å². The van der Waals surface area contributed by atoms with Gasteiger partial charge >= 0.3 is 6.18 Å². The van der Waals surface area contributed by atoms with Crippen LogP contribution in [0.3, 0.4) is 0 Å². The van der Waals surface area contributed by atoms with Crippen molar-refractivity contribution < 1.29 is 26.0 Å². The highest BCUT2D eigenvalue weighted by molar-refractivity contribution is 7.91. The first-order chi connectivity index (χ1) is 10.5. The summed E-state index contributed by atoms with van der Waals surface area (Å²) in [4.78, 5) is 0.669. The van der Waals surface area contributed by atoms with Crippen molar-refractivity contribution in [2.24, 2.45) is 0 Å². The van der Waals surface area contributed by atoms with Crippen molar-refractivity contribution in [1.82, 2.24) is 4.31 Å². The molecule has 126 valence electrons. The van der Waals surface area contributed by atoms with Gasteiger partial charge in [-0.1, -0.05) is 12.1 Å². The molecule has 1 aromatic heterocycles. The molecular formula is C14H13F4NO2S2. The Morgan fingerprint density at radius 3 is 2.09 bits per heavy atom. The van der Waals surface area contributed by atoms with Crippen LogP contribution < -0.4 is 0 Å². The summed E-state index contributed by atoms with van der Waals surface area (Å²) in [5.74, 6) is -0.700. The second-order valence-corrected chi connectivity index (χ2v) is 8.39. The van der Waals surface area contributed by atoms with Crippen molar-refractivity contribution in [3.05, 3.63) is 52.7 Å². The van der Waals surface area contributed by atoms with Gasteiger partial charge in [-0.15, -0.1) is 11.3 Å². The Morgan fingerprint density at radius 1 is 1.09 bits per heavy atom. The summed E-state index contributed by atoms with van der Waals surface area (Å²) in [7, 11) is -3.45. The van der Waals surface area contributed by atoms with Crippen molar-refractivity contribution in [2.75, 3.05) is 7.05 Å². The van der Waals surface area contributed by atoms with E-state index in [0.29, 0.717) is 4.88 Å². The predicted molar refractivity (Wildman–Crippen MR) is 79.2 cm³/mol.